The lowest BCUT2D eigenvalue weighted by molar-refractivity contribution is -0.123. The summed E-state index contributed by atoms with van der Waals surface area (Å²) >= 11 is 0. The fraction of sp³-hybridized carbons (Fsp3) is 0.227. The van der Waals surface area contributed by atoms with Crippen molar-refractivity contribution in [1.29, 1.82) is 0 Å². The zero-order valence-corrected chi connectivity index (χ0v) is 15.9. The molecule has 0 aliphatic rings. The number of esters is 1. The van der Waals surface area contributed by atoms with E-state index < -0.39 is 18.0 Å². The molecule has 1 atom stereocenters. The predicted octanol–water partition coefficient (Wildman–Crippen LogP) is 4.10. The maximum absolute atomic E-state index is 12.3. The van der Waals surface area contributed by atoms with Crippen LogP contribution in [-0.4, -0.2) is 18.0 Å². The van der Waals surface area contributed by atoms with E-state index >= 15 is 0 Å². The molecule has 6 heteroatoms. The first-order chi connectivity index (χ1) is 13.3. The highest BCUT2D eigenvalue weighted by atomic mass is 16.6. The molecule has 6 nitrogen and oxygen atoms in total. The smallest absolute Gasteiger partial charge is 0.375 e. The van der Waals surface area contributed by atoms with Gasteiger partial charge in [0.25, 0.3) is 5.91 Å². The molecule has 0 saturated heterocycles. The Hall–Kier alpha value is -3.41. The monoisotopic (exact) mass is 379 g/mol. The number of carbonyl (C=O) groups is 2. The van der Waals surface area contributed by atoms with Crippen LogP contribution in [0.5, 0.6) is 0 Å². The Morgan fingerprint density at radius 1 is 1.00 bits per heavy atom. The van der Waals surface area contributed by atoms with Crippen LogP contribution in [0.3, 0.4) is 0 Å². The zero-order valence-electron chi connectivity index (χ0n) is 15.9. The van der Waals surface area contributed by atoms with Gasteiger partial charge in [-0.3, -0.25) is 9.59 Å². The van der Waals surface area contributed by atoms with Crippen LogP contribution in [0.1, 0.15) is 42.8 Å². The number of anilines is 1. The van der Waals surface area contributed by atoms with Gasteiger partial charge in [0.05, 0.1) is 5.39 Å². The van der Waals surface area contributed by atoms with Crippen molar-refractivity contribution in [2.24, 2.45) is 0 Å². The van der Waals surface area contributed by atoms with Crippen molar-refractivity contribution >= 4 is 28.5 Å². The molecule has 2 aromatic carbocycles. The van der Waals surface area contributed by atoms with Crippen molar-refractivity contribution in [2.75, 3.05) is 5.32 Å². The Morgan fingerprint density at radius 2 is 1.68 bits per heavy atom. The Kier molecular flexibility index (Phi) is 5.59. The molecule has 0 spiro atoms. The minimum absolute atomic E-state index is 0.246. The molecule has 1 N–H and O–H groups in total. The van der Waals surface area contributed by atoms with E-state index in [9.17, 15) is 14.4 Å². The van der Waals surface area contributed by atoms with Crippen molar-refractivity contribution < 1.29 is 18.7 Å². The fourth-order valence-corrected chi connectivity index (χ4v) is 2.67. The van der Waals surface area contributed by atoms with Crippen LogP contribution >= 0.6 is 0 Å². The molecule has 0 bridgehead atoms. The largest absolute Gasteiger partial charge is 0.449 e. The van der Waals surface area contributed by atoms with Gasteiger partial charge in [0.1, 0.15) is 5.58 Å². The van der Waals surface area contributed by atoms with Crippen LogP contribution in [0.15, 0.2) is 63.8 Å². The first-order valence-electron chi connectivity index (χ1n) is 9.00. The third-order valence-corrected chi connectivity index (χ3v) is 4.33. The number of amides is 1. The molecule has 1 heterocycles. The van der Waals surface area contributed by atoms with Gasteiger partial charge in [-0.05, 0) is 42.7 Å². The number of hydrogen-bond acceptors (Lipinski definition) is 5. The van der Waals surface area contributed by atoms with E-state index in [1.807, 2.05) is 12.1 Å². The second-order valence-electron chi connectivity index (χ2n) is 6.78. The van der Waals surface area contributed by atoms with Crippen molar-refractivity contribution in [3.05, 3.63) is 76.1 Å². The molecule has 3 aromatic rings. The molecule has 1 amide bonds. The van der Waals surface area contributed by atoms with E-state index in [0.29, 0.717) is 17.0 Å². The Bertz CT molecular complexity index is 1070. The number of nitrogens with one attached hydrogen (secondary N) is 1. The van der Waals surface area contributed by atoms with Crippen LogP contribution in [0.25, 0.3) is 11.0 Å². The molecule has 3 rings (SSSR count). The summed E-state index contributed by atoms with van der Waals surface area (Å²) in [7, 11) is 0. The van der Waals surface area contributed by atoms with Crippen molar-refractivity contribution in [3.8, 4) is 0 Å². The number of ether oxygens (including phenoxy) is 1. The van der Waals surface area contributed by atoms with Crippen molar-refractivity contribution in [3.63, 3.8) is 0 Å². The highest BCUT2D eigenvalue weighted by molar-refractivity contribution is 5.97. The van der Waals surface area contributed by atoms with Crippen molar-refractivity contribution in [2.45, 2.75) is 32.8 Å². The summed E-state index contributed by atoms with van der Waals surface area (Å²) < 4.78 is 10.6. The molecule has 0 radical (unpaired) electrons. The SMILES string of the molecule is CC(C)c1ccc(NC(=O)[C@@H](C)OC(=O)c2cc(=O)c3ccccc3o2)cc1. The molecule has 1 aromatic heterocycles. The van der Waals surface area contributed by atoms with E-state index in [0.717, 1.165) is 11.6 Å². The average Bonchev–Trinajstić information content (AvgIpc) is 2.68. The number of fused-ring (bicyclic) bond motifs is 1. The van der Waals surface area contributed by atoms with Gasteiger partial charge in [0.2, 0.25) is 5.76 Å². The van der Waals surface area contributed by atoms with Gasteiger partial charge < -0.3 is 14.5 Å². The summed E-state index contributed by atoms with van der Waals surface area (Å²) in [6, 6.07) is 15.1. The lowest BCUT2D eigenvalue weighted by Gasteiger charge is -2.14. The summed E-state index contributed by atoms with van der Waals surface area (Å²) in [4.78, 5) is 36.7. The van der Waals surface area contributed by atoms with Gasteiger partial charge in [-0.25, -0.2) is 4.79 Å². The number of rotatable bonds is 5. The molecule has 0 fully saturated rings. The summed E-state index contributed by atoms with van der Waals surface area (Å²) in [6.07, 6.45) is -1.06. The predicted molar refractivity (Wildman–Crippen MR) is 107 cm³/mol. The average molecular weight is 379 g/mol. The van der Waals surface area contributed by atoms with Gasteiger partial charge >= 0.3 is 5.97 Å². The summed E-state index contributed by atoms with van der Waals surface area (Å²) in [5.74, 6) is -1.21. The molecule has 0 unspecified atom stereocenters. The third kappa shape index (κ3) is 4.28. The van der Waals surface area contributed by atoms with Crippen LogP contribution < -0.4 is 10.7 Å². The van der Waals surface area contributed by atoms with Gasteiger partial charge in [-0.15, -0.1) is 0 Å². The van der Waals surface area contributed by atoms with Gasteiger partial charge in [-0.1, -0.05) is 38.1 Å². The first kappa shape index (κ1) is 19.4. The standard InChI is InChI=1S/C22H21NO5/c1-13(2)15-8-10-16(11-9-15)23-21(25)14(3)27-22(26)20-12-18(24)17-6-4-5-7-19(17)28-20/h4-14H,1-3H3,(H,23,25)/t14-/m1/s1. The van der Waals surface area contributed by atoms with E-state index in [-0.39, 0.29) is 16.8 Å². The van der Waals surface area contributed by atoms with E-state index in [1.165, 1.54) is 6.92 Å². The highest BCUT2D eigenvalue weighted by Gasteiger charge is 2.21. The Labute approximate surface area is 162 Å². The van der Waals surface area contributed by atoms with E-state index in [1.54, 1.807) is 36.4 Å². The Balaban J connectivity index is 1.68. The van der Waals surface area contributed by atoms with Crippen LogP contribution in [0.2, 0.25) is 0 Å². The molecular weight excluding hydrogens is 358 g/mol. The van der Waals surface area contributed by atoms with E-state index in [4.69, 9.17) is 9.15 Å². The summed E-state index contributed by atoms with van der Waals surface area (Å²) in [6.45, 7) is 5.62. The van der Waals surface area contributed by atoms with Crippen molar-refractivity contribution in [1.82, 2.24) is 0 Å². The van der Waals surface area contributed by atoms with Crippen LogP contribution in [0, 0.1) is 0 Å². The quantitative estimate of drug-likeness (QED) is 0.675. The minimum atomic E-state index is -1.06. The lowest BCUT2D eigenvalue weighted by Crippen LogP contribution is -2.30. The number of carbonyl (C=O) groups excluding carboxylic acids is 2. The Morgan fingerprint density at radius 3 is 2.36 bits per heavy atom. The third-order valence-electron chi connectivity index (χ3n) is 4.33. The minimum Gasteiger partial charge on any atom is -0.449 e. The molecule has 28 heavy (non-hydrogen) atoms. The number of benzene rings is 2. The fourth-order valence-electron chi connectivity index (χ4n) is 2.67. The lowest BCUT2D eigenvalue weighted by atomic mass is 10.0. The summed E-state index contributed by atoms with van der Waals surface area (Å²) in [5, 5.41) is 3.07. The molecule has 144 valence electrons. The van der Waals surface area contributed by atoms with Gasteiger partial charge in [-0.2, -0.15) is 0 Å². The van der Waals surface area contributed by atoms with E-state index in [2.05, 4.69) is 19.2 Å². The molecule has 0 saturated carbocycles. The van der Waals surface area contributed by atoms with Crippen LogP contribution in [-0.2, 0) is 9.53 Å². The second-order valence-corrected chi connectivity index (χ2v) is 6.78. The molecular formula is C22H21NO5. The second kappa shape index (κ2) is 8.08. The summed E-state index contributed by atoms with van der Waals surface area (Å²) in [5.41, 5.74) is 1.69. The normalized spacial score (nSPS) is 12.0. The van der Waals surface area contributed by atoms with Gasteiger partial charge in [0, 0.05) is 11.8 Å². The number of hydrogen-bond donors (Lipinski definition) is 1. The highest BCUT2D eigenvalue weighted by Crippen LogP contribution is 2.18. The topological polar surface area (TPSA) is 85.6 Å². The maximum atomic E-state index is 12.3. The molecule has 0 aliphatic carbocycles. The maximum Gasteiger partial charge on any atom is 0.375 e. The molecule has 0 aliphatic heterocycles. The van der Waals surface area contributed by atoms with Gasteiger partial charge in [0.15, 0.2) is 11.5 Å². The number of para-hydroxylation sites is 1. The first-order valence-corrected chi connectivity index (χ1v) is 9.00. The zero-order chi connectivity index (χ0) is 20.3. The van der Waals surface area contributed by atoms with Crippen LogP contribution in [0.4, 0.5) is 5.69 Å².